The predicted molar refractivity (Wildman–Crippen MR) is 101 cm³/mol. The normalized spacial score (nSPS) is 15.3. The Hall–Kier alpha value is -1.86. The summed E-state index contributed by atoms with van der Waals surface area (Å²) in [6.45, 7) is 3.42. The van der Waals surface area contributed by atoms with Gasteiger partial charge in [0, 0.05) is 11.8 Å². The van der Waals surface area contributed by atoms with Crippen molar-refractivity contribution in [2.45, 2.75) is 51.7 Å². The Morgan fingerprint density at radius 3 is 2.54 bits per heavy atom. The van der Waals surface area contributed by atoms with Gasteiger partial charge in [0.25, 0.3) is 0 Å². The lowest BCUT2D eigenvalue weighted by molar-refractivity contribution is -0.125. The minimum Gasteiger partial charge on any atom is -0.487 e. The van der Waals surface area contributed by atoms with Crippen LogP contribution < -0.4 is 21.1 Å². The summed E-state index contributed by atoms with van der Waals surface area (Å²) in [5.74, 6) is -1.19. The van der Waals surface area contributed by atoms with Crippen molar-refractivity contribution >= 4 is 29.9 Å². The van der Waals surface area contributed by atoms with Crippen LogP contribution in [0.5, 0.6) is 5.75 Å². The maximum atomic E-state index is 14.1. The van der Waals surface area contributed by atoms with E-state index >= 15 is 0 Å². The van der Waals surface area contributed by atoms with E-state index in [-0.39, 0.29) is 36.7 Å². The van der Waals surface area contributed by atoms with E-state index in [0.29, 0.717) is 5.69 Å². The number of carbonyl (C=O) groups excluding carboxylic acids is 2. The first kappa shape index (κ1) is 22.2. The summed E-state index contributed by atoms with van der Waals surface area (Å²) in [4.78, 5) is 23.6. The van der Waals surface area contributed by atoms with Gasteiger partial charge in [-0.1, -0.05) is 13.8 Å². The second-order valence-corrected chi connectivity index (χ2v) is 6.71. The molecule has 0 aliphatic heterocycles. The van der Waals surface area contributed by atoms with E-state index in [1.807, 2.05) is 13.8 Å². The van der Waals surface area contributed by atoms with E-state index in [4.69, 9.17) is 10.5 Å². The van der Waals surface area contributed by atoms with Crippen molar-refractivity contribution in [2.75, 3.05) is 11.9 Å². The number of nitrogens with two attached hydrogens (primary N) is 1. The number of anilines is 1. The molecule has 1 aromatic carbocycles. The number of hydrogen-bond donors (Lipinski definition) is 3. The third-order valence-corrected chi connectivity index (χ3v) is 4.26. The van der Waals surface area contributed by atoms with Gasteiger partial charge in [0.15, 0.2) is 11.6 Å². The average molecular weight is 388 g/mol. The number of amides is 2. The van der Waals surface area contributed by atoms with Gasteiger partial charge in [-0.05, 0) is 43.7 Å². The molecule has 2 rings (SSSR count). The summed E-state index contributed by atoms with van der Waals surface area (Å²) in [6, 6.07) is 3.63. The minimum atomic E-state index is -0.669. The fourth-order valence-corrected chi connectivity index (χ4v) is 2.65. The van der Waals surface area contributed by atoms with Crippen LogP contribution >= 0.6 is 12.4 Å². The molecule has 0 heterocycles. The van der Waals surface area contributed by atoms with Gasteiger partial charge in [0.05, 0.1) is 18.7 Å². The molecule has 1 aliphatic rings. The fraction of sp³-hybridized carbons (Fsp3) is 0.556. The number of carbonyl (C=O) groups is 2. The summed E-state index contributed by atoms with van der Waals surface area (Å²) in [5.41, 5.74) is 6.00. The van der Waals surface area contributed by atoms with E-state index in [2.05, 4.69) is 10.6 Å². The first-order valence-electron chi connectivity index (χ1n) is 8.66. The standard InChI is InChI=1S/C18H26FN3O3.ClH/c1-11(2)17(20)18(24)21-10-16(23)22-12-7-8-15(14(19)9-12)25-13-5-3-4-6-13;/h7-9,11,13,17H,3-6,10,20H2,1-2H3,(H,21,24)(H,22,23);1H/t17-;/m0./s1. The number of hydrogen-bond acceptors (Lipinski definition) is 4. The van der Waals surface area contributed by atoms with Gasteiger partial charge in [0.2, 0.25) is 11.8 Å². The second kappa shape index (κ2) is 10.3. The van der Waals surface area contributed by atoms with Crippen LogP contribution in [0.2, 0.25) is 0 Å². The molecule has 0 bridgehead atoms. The van der Waals surface area contributed by atoms with Crippen LogP contribution in [0.4, 0.5) is 10.1 Å². The molecule has 146 valence electrons. The Labute approximate surface area is 159 Å². The highest BCUT2D eigenvalue weighted by Crippen LogP contribution is 2.27. The third kappa shape index (κ3) is 6.46. The first-order valence-corrected chi connectivity index (χ1v) is 8.66. The van der Waals surface area contributed by atoms with Crippen molar-refractivity contribution in [1.82, 2.24) is 5.32 Å². The highest BCUT2D eigenvalue weighted by Gasteiger charge is 2.19. The lowest BCUT2D eigenvalue weighted by Crippen LogP contribution is -2.46. The van der Waals surface area contributed by atoms with Crippen molar-refractivity contribution in [1.29, 1.82) is 0 Å². The maximum Gasteiger partial charge on any atom is 0.243 e. The van der Waals surface area contributed by atoms with Gasteiger partial charge in [0.1, 0.15) is 0 Å². The summed E-state index contributed by atoms with van der Waals surface area (Å²) in [5, 5.41) is 5.00. The number of halogens is 2. The Balaban J connectivity index is 0.00000338. The van der Waals surface area contributed by atoms with E-state index < -0.39 is 23.7 Å². The van der Waals surface area contributed by atoms with Crippen LogP contribution in [0.3, 0.4) is 0 Å². The Morgan fingerprint density at radius 1 is 1.31 bits per heavy atom. The summed E-state index contributed by atoms with van der Waals surface area (Å²) in [6.07, 6.45) is 4.15. The van der Waals surface area contributed by atoms with Gasteiger partial charge in [-0.3, -0.25) is 9.59 Å². The third-order valence-electron chi connectivity index (χ3n) is 4.26. The van der Waals surface area contributed by atoms with E-state index in [1.54, 1.807) is 6.07 Å². The van der Waals surface area contributed by atoms with Gasteiger partial charge in [-0.2, -0.15) is 0 Å². The van der Waals surface area contributed by atoms with Crippen molar-refractivity contribution < 1.29 is 18.7 Å². The zero-order chi connectivity index (χ0) is 18.4. The molecule has 0 unspecified atom stereocenters. The van der Waals surface area contributed by atoms with Crippen LogP contribution in [0.25, 0.3) is 0 Å². The molecule has 0 saturated heterocycles. The van der Waals surface area contributed by atoms with Gasteiger partial charge in [-0.25, -0.2) is 4.39 Å². The van der Waals surface area contributed by atoms with Crippen molar-refractivity contribution in [3.8, 4) is 5.75 Å². The number of rotatable bonds is 7. The fourth-order valence-electron chi connectivity index (χ4n) is 2.65. The zero-order valence-electron chi connectivity index (χ0n) is 15.1. The molecule has 0 radical (unpaired) electrons. The molecule has 1 saturated carbocycles. The van der Waals surface area contributed by atoms with Gasteiger partial charge < -0.3 is 21.1 Å². The molecule has 0 aromatic heterocycles. The number of nitrogens with one attached hydrogen (secondary N) is 2. The molecule has 6 nitrogen and oxygen atoms in total. The smallest absolute Gasteiger partial charge is 0.243 e. The van der Waals surface area contributed by atoms with Crippen molar-refractivity contribution in [3.05, 3.63) is 24.0 Å². The van der Waals surface area contributed by atoms with E-state index in [1.165, 1.54) is 12.1 Å². The van der Waals surface area contributed by atoms with E-state index in [9.17, 15) is 14.0 Å². The molecule has 1 aliphatic carbocycles. The van der Waals surface area contributed by atoms with Crippen LogP contribution in [-0.2, 0) is 9.59 Å². The summed E-state index contributed by atoms with van der Waals surface area (Å²) < 4.78 is 19.7. The highest BCUT2D eigenvalue weighted by molar-refractivity contribution is 5.95. The number of ether oxygens (including phenoxy) is 1. The second-order valence-electron chi connectivity index (χ2n) is 6.71. The largest absolute Gasteiger partial charge is 0.487 e. The molecule has 4 N–H and O–H groups in total. The molecule has 1 aromatic rings. The predicted octanol–water partition coefficient (Wildman–Crippen LogP) is 2.61. The van der Waals surface area contributed by atoms with E-state index in [0.717, 1.165) is 25.7 Å². The molecule has 26 heavy (non-hydrogen) atoms. The van der Waals surface area contributed by atoms with Crippen LogP contribution in [0.1, 0.15) is 39.5 Å². The topological polar surface area (TPSA) is 93.5 Å². The van der Waals surface area contributed by atoms with Gasteiger partial charge >= 0.3 is 0 Å². The SMILES string of the molecule is CC(C)[C@H](N)C(=O)NCC(=O)Nc1ccc(OC2CCCC2)c(F)c1.Cl. The average Bonchev–Trinajstić information content (AvgIpc) is 3.07. The summed E-state index contributed by atoms with van der Waals surface area (Å²) >= 11 is 0. The molecule has 1 atom stereocenters. The lowest BCUT2D eigenvalue weighted by atomic mass is 10.1. The molecular weight excluding hydrogens is 361 g/mol. The van der Waals surface area contributed by atoms with Crippen LogP contribution in [0.15, 0.2) is 18.2 Å². The Kier molecular flexibility index (Phi) is 8.81. The lowest BCUT2D eigenvalue weighted by Gasteiger charge is -2.16. The first-order chi connectivity index (χ1) is 11.9. The molecule has 8 heteroatoms. The Morgan fingerprint density at radius 2 is 1.96 bits per heavy atom. The highest BCUT2D eigenvalue weighted by atomic mass is 35.5. The van der Waals surface area contributed by atoms with Crippen molar-refractivity contribution in [3.63, 3.8) is 0 Å². The monoisotopic (exact) mass is 387 g/mol. The molecule has 0 spiro atoms. The Bertz CT molecular complexity index is 622. The quantitative estimate of drug-likeness (QED) is 0.670. The molecular formula is C18H27ClFN3O3. The molecule has 2 amide bonds. The van der Waals surface area contributed by atoms with Crippen molar-refractivity contribution in [2.24, 2.45) is 11.7 Å². The zero-order valence-corrected chi connectivity index (χ0v) is 15.9. The summed E-state index contributed by atoms with van der Waals surface area (Å²) in [7, 11) is 0. The van der Waals surface area contributed by atoms with Crippen LogP contribution in [-0.4, -0.2) is 30.5 Å². The molecule has 1 fully saturated rings. The van der Waals surface area contributed by atoms with Crippen LogP contribution in [0, 0.1) is 11.7 Å². The maximum absolute atomic E-state index is 14.1. The van der Waals surface area contributed by atoms with Gasteiger partial charge in [-0.15, -0.1) is 12.4 Å². The minimum absolute atomic E-state index is 0. The number of benzene rings is 1.